The van der Waals surface area contributed by atoms with Crippen LogP contribution in [0.2, 0.25) is 0 Å². The van der Waals surface area contributed by atoms with Gasteiger partial charge in [0.15, 0.2) is 0 Å². The first-order valence-electron chi connectivity index (χ1n) is 8.46. The second-order valence-corrected chi connectivity index (χ2v) is 6.20. The number of amides is 1. The number of hydrogen-bond donors (Lipinski definition) is 2. The van der Waals surface area contributed by atoms with Crippen molar-refractivity contribution in [2.45, 2.75) is 13.3 Å². The highest BCUT2D eigenvalue weighted by Crippen LogP contribution is 2.22. The van der Waals surface area contributed by atoms with Crippen LogP contribution in [0.1, 0.15) is 21.7 Å². The zero-order valence-corrected chi connectivity index (χ0v) is 14.3. The number of para-hydroxylation sites is 1. The fourth-order valence-electron chi connectivity index (χ4n) is 3.17. The van der Waals surface area contributed by atoms with Crippen molar-refractivity contribution in [1.82, 2.24) is 19.7 Å². The third-order valence-electron chi connectivity index (χ3n) is 4.41. The van der Waals surface area contributed by atoms with Gasteiger partial charge in [0.1, 0.15) is 5.65 Å². The molecule has 2 N–H and O–H groups in total. The predicted molar refractivity (Wildman–Crippen MR) is 99.3 cm³/mol. The number of aromatic amines is 1. The number of carbonyl (C=O) groups excluding carboxylic acids is 2. The van der Waals surface area contributed by atoms with Gasteiger partial charge >= 0.3 is 0 Å². The number of nitrogens with zero attached hydrogens (tertiary/aromatic N) is 2. The lowest BCUT2D eigenvalue weighted by atomic mass is 10.1. The van der Waals surface area contributed by atoms with Crippen LogP contribution in [0.3, 0.4) is 0 Å². The number of aryl methyl sites for hydroxylation is 1. The van der Waals surface area contributed by atoms with Crippen molar-refractivity contribution < 1.29 is 9.59 Å². The topological polar surface area (TPSA) is 79.3 Å². The van der Waals surface area contributed by atoms with E-state index in [0.29, 0.717) is 24.2 Å². The van der Waals surface area contributed by atoms with Gasteiger partial charge in [-0.15, -0.1) is 0 Å². The largest absolute Gasteiger partial charge is 0.358 e. The van der Waals surface area contributed by atoms with Crippen LogP contribution in [0.5, 0.6) is 0 Å². The highest BCUT2D eigenvalue weighted by Gasteiger charge is 2.22. The molecule has 0 aliphatic carbocycles. The Morgan fingerprint density at radius 2 is 1.96 bits per heavy atom. The highest BCUT2D eigenvalue weighted by atomic mass is 16.2. The van der Waals surface area contributed by atoms with Crippen molar-refractivity contribution in [3.8, 4) is 0 Å². The van der Waals surface area contributed by atoms with Crippen molar-refractivity contribution in [1.29, 1.82) is 0 Å². The molecule has 0 unspecified atom stereocenters. The summed E-state index contributed by atoms with van der Waals surface area (Å²) in [6.45, 7) is 2.16. The molecule has 1 amide bonds. The molecule has 3 heterocycles. The highest BCUT2D eigenvalue weighted by molar-refractivity contribution is 6.45. The SMILES string of the molecule is Cc1[nH]c2ccccc2c1C(=O)C(=O)NCCc1cn2ccccc2n1. The van der Waals surface area contributed by atoms with Crippen LogP contribution in [-0.4, -0.2) is 32.6 Å². The third-order valence-corrected chi connectivity index (χ3v) is 4.41. The van der Waals surface area contributed by atoms with Crippen LogP contribution in [0.25, 0.3) is 16.6 Å². The van der Waals surface area contributed by atoms with Gasteiger partial charge in [-0.05, 0) is 25.1 Å². The Kier molecular flexibility index (Phi) is 4.01. The number of hydrogen-bond acceptors (Lipinski definition) is 3. The zero-order valence-electron chi connectivity index (χ0n) is 14.3. The quantitative estimate of drug-likeness (QED) is 0.431. The van der Waals surface area contributed by atoms with Crippen molar-refractivity contribution >= 4 is 28.2 Å². The molecule has 6 nitrogen and oxygen atoms in total. The van der Waals surface area contributed by atoms with Crippen LogP contribution in [0.4, 0.5) is 0 Å². The normalized spacial score (nSPS) is 11.1. The zero-order chi connectivity index (χ0) is 18.1. The summed E-state index contributed by atoms with van der Waals surface area (Å²) in [6, 6.07) is 13.3. The Morgan fingerprint density at radius 3 is 2.81 bits per heavy atom. The van der Waals surface area contributed by atoms with Gasteiger partial charge in [0.2, 0.25) is 0 Å². The molecule has 6 heteroatoms. The van der Waals surface area contributed by atoms with E-state index in [1.54, 1.807) is 6.92 Å². The molecule has 0 atom stereocenters. The minimum Gasteiger partial charge on any atom is -0.358 e. The first-order valence-corrected chi connectivity index (χ1v) is 8.46. The number of H-pyrrole nitrogens is 1. The maximum atomic E-state index is 12.6. The average Bonchev–Trinajstić information content (AvgIpc) is 3.20. The van der Waals surface area contributed by atoms with Gasteiger partial charge in [-0.2, -0.15) is 0 Å². The Balaban J connectivity index is 1.44. The number of pyridine rings is 1. The minimum atomic E-state index is -0.596. The number of imidazole rings is 1. The van der Waals surface area contributed by atoms with Gasteiger partial charge in [0.25, 0.3) is 11.7 Å². The summed E-state index contributed by atoms with van der Waals surface area (Å²) in [5.41, 5.74) is 3.72. The smallest absolute Gasteiger partial charge is 0.292 e. The molecule has 26 heavy (non-hydrogen) atoms. The number of nitrogens with one attached hydrogen (secondary N) is 2. The molecule has 4 rings (SSSR count). The van der Waals surface area contributed by atoms with Crippen LogP contribution in [-0.2, 0) is 11.2 Å². The summed E-state index contributed by atoms with van der Waals surface area (Å²) in [4.78, 5) is 32.5. The average molecular weight is 346 g/mol. The Bertz CT molecular complexity index is 1090. The van der Waals surface area contributed by atoms with Crippen LogP contribution >= 0.6 is 0 Å². The predicted octanol–water partition coefficient (Wildman–Crippen LogP) is 2.67. The summed E-state index contributed by atoms with van der Waals surface area (Å²) in [6.07, 6.45) is 4.41. The summed E-state index contributed by atoms with van der Waals surface area (Å²) in [5.74, 6) is -1.11. The molecule has 4 aromatic rings. The lowest BCUT2D eigenvalue weighted by Crippen LogP contribution is -2.32. The second-order valence-electron chi connectivity index (χ2n) is 6.20. The first-order chi connectivity index (χ1) is 12.6. The number of fused-ring (bicyclic) bond motifs is 2. The second kappa shape index (κ2) is 6.48. The van der Waals surface area contributed by atoms with Gasteiger partial charge in [-0.3, -0.25) is 9.59 Å². The number of rotatable bonds is 5. The molecular formula is C20H18N4O2. The molecule has 0 aliphatic rings. The molecule has 1 aromatic carbocycles. The molecule has 0 saturated heterocycles. The van der Waals surface area contributed by atoms with E-state index < -0.39 is 11.7 Å². The molecule has 0 aliphatic heterocycles. The van der Waals surface area contributed by atoms with Gasteiger partial charge < -0.3 is 14.7 Å². The molecule has 0 saturated carbocycles. The van der Waals surface area contributed by atoms with E-state index in [9.17, 15) is 9.59 Å². The van der Waals surface area contributed by atoms with Crippen molar-refractivity contribution in [3.05, 3.63) is 71.8 Å². The molecule has 0 spiro atoms. The summed E-state index contributed by atoms with van der Waals surface area (Å²) in [7, 11) is 0. The maximum absolute atomic E-state index is 12.6. The Morgan fingerprint density at radius 1 is 1.15 bits per heavy atom. The van der Waals surface area contributed by atoms with Crippen molar-refractivity contribution in [2.24, 2.45) is 0 Å². The number of aromatic nitrogens is 3. The molecule has 130 valence electrons. The minimum absolute atomic E-state index is 0.357. The number of ketones is 1. The monoisotopic (exact) mass is 346 g/mol. The lowest BCUT2D eigenvalue weighted by Gasteiger charge is -2.03. The van der Waals surface area contributed by atoms with Gasteiger partial charge in [-0.25, -0.2) is 4.98 Å². The van der Waals surface area contributed by atoms with Crippen LogP contribution in [0.15, 0.2) is 54.9 Å². The summed E-state index contributed by atoms with van der Waals surface area (Å²) >= 11 is 0. The fourth-order valence-corrected chi connectivity index (χ4v) is 3.17. The first kappa shape index (κ1) is 16.1. The van der Waals surface area contributed by atoms with E-state index in [1.165, 1.54) is 0 Å². The Labute approximate surface area is 149 Å². The van der Waals surface area contributed by atoms with E-state index in [2.05, 4.69) is 15.3 Å². The van der Waals surface area contributed by atoms with E-state index in [0.717, 1.165) is 22.2 Å². The van der Waals surface area contributed by atoms with Gasteiger partial charge in [0, 0.05) is 42.0 Å². The van der Waals surface area contributed by atoms with Gasteiger partial charge in [0.05, 0.1) is 11.3 Å². The molecule has 0 fully saturated rings. The summed E-state index contributed by atoms with van der Waals surface area (Å²) < 4.78 is 1.93. The van der Waals surface area contributed by atoms with E-state index in [4.69, 9.17) is 0 Å². The van der Waals surface area contributed by atoms with Crippen LogP contribution < -0.4 is 5.32 Å². The Hall–Kier alpha value is -3.41. The van der Waals surface area contributed by atoms with Crippen LogP contribution in [0, 0.1) is 6.92 Å². The van der Waals surface area contributed by atoms with E-state index >= 15 is 0 Å². The summed E-state index contributed by atoms with van der Waals surface area (Å²) in [5, 5.41) is 3.47. The third kappa shape index (κ3) is 2.86. The molecule has 0 radical (unpaired) electrons. The number of benzene rings is 1. The van der Waals surface area contributed by atoms with Crippen molar-refractivity contribution in [2.75, 3.05) is 6.54 Å². The van der Waals surface area contributed by atoms with E-state index in [1.807, 2.05) is 59.3 Å². The fraction of sp³-hybridized carbons (Fsp3) is 0.150. The number of carbonyl (C=O) groups is 2. The van der Waals surface area contributed by atoms with Gasteiger partial charge in [-0.1, -0.05) is 24.3 Å². The molecule has 0 bridgehead atoms. The van der Waals surface area contributed by atoms with Crippen molar-refractivity contribution in [3.63, 3.8) is 0 Å². The standard InChI is InChI=1S/C20H18N4O2/c1-13-18(15-6-2-3-7-16(15)22-13)19(25)20(26)21-10-9-14-12-24-11-5-4-8-17(24)23-14/h2-8,11-12,22H,9-10H2,1H3,(H,21,26). The van der Waals surface area contributed by atoms with E-state index in [-0.39, 0.29) is 0 Å². The number of Topliss-reactive ketones (excluding diaryl/α,β-unsaturated/α-hetero) is 1. The lowest BCUT2D eigenvalue weighted by molar-refractivity contribution is -0.116. The molecule has 3 aromatic heterocycles. The maximum Gasteiger partial charge on any atom is 0.292 e. The molecular weight excluding hydrogens is 328 g/mol.